The number of hydrogen-bond donors (Lipinski definition) is 0. The van der Waals surface area contributed by atoms with Crippen LogP contribution in [0.1, 0.15) is 96.5 Å². The highest BCUT2D eigenvalue weighted by Gasteiger charge is 2.21. The molecule has 1 aliphatic carbocycles. The normalized spacial score (nSPS) is 18.3. The smallest absolute Gasteiger partial charge is 0.159 e. The Morgan fingerprint density at radius 3 is 2.18 bits per heavy atom. The van der Waals surface area contributed by atoms with Crippen LogP contribution in [0.4, 0.5) is 0 Å². The van der Waals surface area contributed by atoms with E-state index in [4.69, 9.17) is 9.47 Å². The summed E-state index contributed by atoms with van der Waals surface area (Å²) in [7, 11) is 0. The van der Waals surface area contributed by atoms with E-state index in [0.29, 0.717) is 5.92 Å². The molecule has 0 saturated heterocycles. The molecule has 0 spiro atoms. The summed E-state index contributed by atoms with van der Waals surface area (Å²) in [5, 5.41) is 0. The fourth-order valence-electron chi connectivity index (χ4n) is 4.89. The van der Waals surface area contributed by atoms with Crippen molar-refractivity contribution in [3.63, 3.8) is 0 Å². The number of benzene rings is 1. The van der Waals surface area contributed by atoms with Gasteiger partial charge in [-0.1, -0.05) is 71.6 Å². The van der Waals surface area contributed by atoms with Crippen molar-refractivity contribution in [1.29, 1.82) is 0 Å². The molecule has 4 nitrogen and oxygen atoms in total. The zero-order chi connectivity index (χ0) is 23.3. The van der Waals surface area contributed by atoms with Crippen molar-refractivity contribution >= 4 is 0 Å². The van der Waals surface area contributed by atoms with Gasteiger partial charge in [-0.05, 0) is 61.8 Å². The summed E-state index contributed by atoms with van der Waals surface area (Å²) in [6, 6.07) is 6.25. The predicted octanol–water partition coefficient (Wildman–Crippen LogP) is 8.18. The van der Waals surface area contributed by atoms with Crippen molar-refractivity contribution in [2.45, 2.75) is 97.8 Å². The number of aromatic nitrogens is 2. The van der Waals surface area contributed by atoms with Gasteiger partial charge in [0.25, 0.3) is 0 Å². The van der Waals surface area contributed by atoms with Gasteiger partial charge < -0.3 is 9.47 Å². The molecule has 1 heterocycles. The number of nitrogens with zero attached hydrogens (tertiary/aromatic N) is 2. The lowest BCUT2D eigenvalue weighted by Crippen LogP contribution is -2.20. The lowest BCUT2D eigenvalue weighted by molar-refractivity contribution is 0.178. The van der Waals surface area contributed by atoms with Crippen LogP contribution in [0, 0.1) is 18.8 Å². The molecule has 1 aromatic heterocycles. The molecule has 3 rings (SSSR count). The van der Waals surface area contributed by atoms with Gasteiger partial charge in [0.1, 0.15) is 5.75 Å². The first-order valence-electron chi connectivity index (χ1n) is 13.4. The first-order valence-corrected chi connectivity index (χ1v) is 13.4. The Bertz CT molecular complexity index is 798. The van der Waals surface area contributed by atoms with E-state index in [2.05, 4.69) is 48.9 Å². The molecule has 0 unspecified atom stereocenters. The van der Waals surface area contributed by atoms with Gasteiger partial charge in [-0.25, -0.2) is 9.97 Å². The topological polar surface area (TPSA) is 44.2 Å². The molecular weight excluding hydrogens is 408 g/mol. The number of unbranched alkanes of at least 4 members (excludes halogenated alkanes) is 5. The van der Waals surface area contributed by atoms with E-state index in [1.54, 1.807) is 12.4 Å². The molecule has 0 amide bonds. The maximum Gasteiger partial charge on any atom is 0.159 e. The van der Waals surface area contributed by atoms with Gasteiger partial charge in [-0.2, -0.15) is 0 Å². The average molecular weight is 453 g/mol. The van der Waals surface area contributed by atoms with E-state index in [9.17, 15) is 0 Å². The number of hydrogen-bond acceptors (Lipinski definition) is 4. The summed E-state index contributed by atoms with van der Waals surface area (Å²) in [6.45, 7) is 8.21. The van der Waals surface area contributed by atoms with E-state index in [1.807, 2.05) is 0 Å². The fraction of sp³-hybridized carbons (Fsp3) is 0.655. The number of aryl methyl sites for hydroxylation is 1. The summed E-state index contributed by atoms with van der Waals surface area (Å²) in [6.07, 6.45) is 19.2. The van der Waals surface area contributed by atoms with E-state index in [-0.39, 0.29) is 0 Å². The Morgan fingerprint density at radius 2 is 1.48 bits per heavy atom. The molecule has 1 aromatic carbocycles. The van der Waals surface area contributed by atoms with E-state index >= 15 is 0 Å². The molecule has 0 atom stereocenters. The second kappa shape index (κ2) is 14.2. The van der Waals surface area contributed by atoms with Crippen molar-refractivity contribution in [3.05, 3.63) is 36.2 Å². The van der Waals surface area contributed by atoms with E-state index < -0.39 is 0 Å². The van der Waals surface area contributed by atoms with Gasteiger partial charge >= 0.3 is 0 Å². The van der Waals surface area contributed by atoms with Gasteiger partial charge in [0.05, 0.1) is 25.6 Å². The lowest BCUT2D eigenvalue weighted by atomic mass is 9.80. The molecule has 1 fully saturated rings. The molecule has 4 heteroatoms. The molecule has 0 radical (unpaired) electrons. The highest BCUT2D eigenvalue weighted by atomic mass is 16.5. The Kier molecular flexibility index (Phi) is 11.0. The van der Waals surface area contributed by atoms with Crippen LogP contribution in [-0.2, 0) is 0 Å². The van der Waals surface area contributed by atoms with Crippen LogP contribution in [0.3, 0.4) is 0 Å². The molecule has 182 valence electrons. The summed E-state index contributed by atoms with van der Waals surface area (Å²) >= 11 is 0. The molecular formula is C29H44N2O2. The quantitative estimate of drug-likeness (QED) is 0.271. The fourth-order valence-corrected chi connectivity index (χ4v) is 4.89. The van der Waals surface area contributed by atoms with E-state index in [1.165, 1.54) is 70.6 Å². The zero-order valence-electron chi connectivity index (χ0n) is 21.2. The van der Waals surface area contributed by atoms with Crippen LogP contribution in [-0.4, -0.2) is 23.2 Å². The average Bonchev–Trinajstić information content (AvgIpc) is 2.84. The molecule has 0 bridgehead atoms. The van der Waals surface area contributed by atoms with Crippen LogP contribution in [0.5, 0.6) is 11.5 Å². The van der Waals surface area contributed by atoms with Gasteiger partial charge in [-0.3, -0.25) is 0 Å². The molecule has 1 aliphatic rings. The number of ether oxygens (including phenoxy) is 2. The standard InChI is InChI=1S/C29H44N2O2/c1-4-6-7-8-9-10-18-32-27-20-30-29(31-21-27)28-17-16-26(19-23(28)3)33-22-25-14-12-24(11-5-2)13-15-25/h16-17,19-21,24-25H,4-15,18,22H2,1-3H3. The first-order chi connectivity index (χ1) is 16.2. The molecule has 1 saturated carbocycles. The maximum absolute atomic E-state index is 6.16. The van der Waals surface area contributed by atoms with Crippen molar-refractivity contribution in [1.82, 2.24) is 9.97 Å². The van der Waals surface area contributed by atoms with Crippen molar-refractivity contribution in [2.24, 2.45) is 11.8 Å². The Labute approximate surface area is 201 Å². The summed E-state index contributed by atoms with van der Waals surface area (Å²) in [5.74, 6) is 4.08. The maximum atomic E-state index is 6.16. The van der Waals surface area contributed by atoms with Crippen LogP contribution < -0.4 is 9.47 Å². The van der Waals surface area contributed by atoms with Gasteiger partial charge in [0.15, 0.2) is 11.6 Å². The minimum Gasteiger partial charge on any atom is -0.493 e. The molecule has 0 aliphatic heterocycles. The Balaban J connectivity index is 1.42. The molecule has 0 N–H and O–H groups in total. The Hall–Kier alpha value is -2.10. The third kappa shape index (κ3) is 8.64. The van der Waals surface area contributed by atoms with Crippen molar-refractivity contribution in [2.75, 3.05) is 13.2 Å². The predicted molar refractivity (Wildman–Crippen MR) is 137 cm³/mol. The molecule has 2 aromatic rings. The largest absolute Gasteiger partial charge is 0.493 e. The monoisotopic (exact) mass is 452 g/mol. The van der Waals surface area contributed by atoms with Crippen LogP contribution in [0.15, 0.2) is 30.6 Å². The summed E-state index contributed by atoms with van der Waals surface area (Å²) in [4.78, 5) is 9.09. The molecule has 33 heavy (non-hydrogen) atoms. The highest BCUT2D eigenvalue weighted by molar-refractivity contribution is 5.61. The minimum absolute atomic E-state index is 0.699. The highest BCUT2D eigenvalue weighted by Crippen LogP contribution is 2.32. The Morgan fingerprint density at radius 1 is 0.788 bits per heavy atom. The van der Waals surface area contributed by atoms with Gasteiger partial charge in [0.2, 0.25) is 0 Å². The SMILES string of the molecule is CCCCCCCCOc1cnc(-c2ccc(OCC3CCC(CCC)CC3)cc2C)nc1. The first kappa shape index (κ1) is 25.5. The van der Waals surface area contributed by atoms with E-state index in [0.717, 1.165) is 54.0 Å². The summed E-state index contributed by atoms with van der Waals surface area (Å²) < 4.78 is 12.0. The van der Waals surface area contributed by atoms with Crippen LogP contribution in [0.25, 0.3) is 11.4 Å². The third-order valence-corrected chi connectivity index (χ3v) is 6.98. The zero-order valence-corrected chi connectivity index (χ0v) is 21.2. The second-order valence-corrected chi connectivity index (χ2v) is 9.82. The van der Waals surface area contributed by atoms with Gasteiger partial charge in [-0.15, -0.1) is 0 Å². The summed E-state index contributed by atoms with van der Waals surface area (Å²) in [5.41, 5.74) is 2.18. The number of rotatable bonds is 14. The second-order valence-electron chi connectivity index (χ2n) is 9.82. The van der Waals surface area contributed by atoms with Crippen LogP contribution >= 0.6 is 0 Å². The van der Waals surface area contributed by atoms with Gasteiger partial charge in [0, 0.05) is 5.56 Å². The van der Waals surface area contributed by atoms with Crippen LogP contribution in [0.2, 0.25) is 0 Å². The van der Waals surface area contributed by atoms with Crippen molar-refractivity contribution in [3.8, 4) is 22.9 Å². The van der Waals surface area contributed by atoms with Crippen molar-refractivity contribution < 1.29 is 9.47 Å². The third-order valence-electron chi connectivity index (χ3n) is 6.98. The minimum atomic E-state index is 0.699. The lowest BCUT2D eigenvalue weighted by Gasteiger charge is -2.28.